The van der Waals surface area contributed by atoms with Crippen molar-refractivity contribution in [3.05, 3.63) is 36.2 Å². The Kier molecular flexibility index (Phi) is 4.44. The second-order valence-corrected chi connectivity index (χ2v) is 4.02. The number of amides is 1. The number of carbonyl (C=O) groups is 1. The molecule has 1 amide bonds. The van der Waals surface area contributed by atoms with E-state index in [1.54, 1.807) is 0 Å². The Labute approximate surface area is 110 Å². The van der Waals surface area contributed by atoms with Crippen LogP contribution in [0.4, 0.5) is 0 Å². The molecule has 0 saturated heterocycles. The average molecular weight is 261 g/mol. The van der Waals surface area contributed by atoms with Crippen molar-refractivity contribution >= 4 is 5.91 Å². The molecule has 0 aliphatic carbocycles. The molecule has 1 aromatic heterocycles. The van der Waals surface area contributed by atoms with Crippen LogP contribution in [-0.4, -0.2) is 39.3 Å². The number of carbonyl (C=O) groups excluding carboxylic acids is 1. The summed E-state index contributed by atoms with van der Waals surface area (Å²) in [6.07, 6.45) is 1.39. The number of nitrogens with zero attached hydrogens (tertiary/aromatic N) is 4. The lowest BCUT2D eigenvalue weighted by atomic mass is 10.2. The molecule has 0 unspecified atom stereocenters. The summed E-state index contributed by atoms with van der Waals surface area (Å²) in [7, 11) is 0. The van der Waals surface area contributed by atoms with Crippen LogP contribution in [0.25, 0.3) is 0 Å². The van der Waals surface area contributed by atoms with Crippen LogP contribution in [0.1, 0.15) is 5.56 Å². The molecule has 0 radical (unpaired) electrons. The van der Waals surface area contributed by atoms with E-state index in [2.05, 4.69) is 20.8 Å². The first-order valence-corrected chi connectivity index (χ1v) is 5.91. The van der Waals surface area contributed by atoms with E-state index >= 15 is 0 Å². The van der Waals surface area contributed by atoms with Crippen LogP contribution in [0.15, 0.2) is 30.6 Å². The fraction of sp³-hybridized carbons (Fsp3) is 0.333. The van der Waals surface area contributed by atoms with Gasteiger partial charge in [0.25, 0.3) is 0 Å². The lowest BCUT2D eigenvalue weighted by Crippen LogP contribution is -2.31. The molecule has 1 aromatic carbocycles. The molecule has 19 heavy (non-hydrogen) atoms. The summed E-state index contributed by atoms with van der Waals surface area (Å²) in [6, 6.07) is 7.76. The zero-order valence-corrected chi connectivity index (χ0v) is 10.6. The van der Waals surface area contributed by atoms with Gasteiger partial charge in [-0.1, -0.05) is 12.1 Å². The van der Waals surface area contributed by atoms with E-state index in [0.29, 0.717) is 13.2 Å². The van der Waals surface area contributed by atoms with Crippen molar-refractivity contribution < 1.29 is 9.53 Å². The lowest BCUT2D eigenvalue weighted by molar-refractivity contribution is -0.121. The van der Waals surface area contributed by atoms with Gasteiger partial charge in [0.15, 0.2) is 0 Å². The van der Waals surface area contributed by atoms with Gasteiger partial charge in [0.2, 0.25) is 5.91 Å². The molecule has 0 fully saturated rings. The van der Waals surface area contributed by atoms with Crippen LogP contribution in [0, 0.1) is 6.92 Å². The van der Waals surface area contributed by atoms with E-state index in [4.69, 9.17) is 4.74 Å². The zero-order chi connectivity index (χ0) is 13.5. The highest BCUT2D eigenvalue weighted by molar-refractivity contribution is 5.75. The molecule has 0 aliphatic heterocycles. The van der Waals surface area contributed by atoms with E-state index in [9.17, 15) is 4.79 Å². The van der Waals surface area contributed by atoms with Crippen molar-refractivity contribution in [1.82, 2.24) is 25.5 Å². The molecular weight excluding hydrogens is 246 g/mol. The standard InChI is InChI=1S/C12H15N5O2/c1-10-3-2-4-11(7-10)19-6-5-13-12(18)8-17-9-14-15-16-17/h2-4,7,9H,5-6,8H2,1H3,(H,13,18). The molecule has 0 atom stereocenters. The molecule has 0 aliphatic rings. The highest BCUT2D eigenvalue weighted by atomic mass is 16.5. The van der Waals surface area contributed by atoms with Crippen molar-refractivity contribution in [1.29, 1.82) is 0 Å². The maximum Gasteiger partial charge on any atom is 0.241 e. The summed E-state index contributed by atoms with van der Waals surface area (Å²) in [5, 5.41) is 13.2. The molecule has 7 heteroatoms. The number of aromatic nitrogens is 4. The Morgan fingerprint density at radius 1 is 1.47 bits per heavy atom. The van der Waals surface area contributed by atoms with Crippen molar-refractivity contribution in [2.45, 2.75) is 13.5 Å². The van der Waals surface area contributed by atoms with E-state index in [1.165, 1.54) is 11.0 Å². The summed E-state index contributed by atoms with van der Waals surface area (Å²) in [5.41, 5.74) is 1.14. The smallest absolute Gasteiger partial charge is 0.241 e. The van der Waals surface area contributed by atoms with Crippen LogP contribution in [0.5, 0.6) is 5.75 Å². The maximum absolute atomic E-state index is 11.5. The van der Waals surface area contributed by atoms with Crippen LogP contribution in [-0.2, 0) is 11.3 Å². The Balaban J connectivity index is 1.65. The van der Waals surface area contributed by atoms with E-state index in [1.807, 2.05) is 31.2 Å². The first kappa shape index (κ1) is 13.0. The second kappa shape index (κ2) is 6.48. The molecule has 100 valence electrons. The number of aryl methyl sites for hydroxylation is 1. The van der Waals surface area contributed by atoms with Crippen LogP contribution < -0.4 is 10.1 Å². The van der Waals surface area contributed by atoms with Crippen LogP contribution in [0.3, 0.4) is 0 Å². The third-order valence-electron chi connectivity index (χ3n) is 2.38. The van der Waals surface area contributed by atoms with Gasteiger partial charge in [-0.05, 0) is 35.0 Å². The van der Waals surface area contributed by atoms with Crippen LogP contribution >= 0.6 is 0 Å². The third kappa shape index (κ3) is 4.38. The quantitative estimate of drug-likeness (QED) is 0.750. The third-order valence-corrected chi connectivity index (χ3v) is 2.38. The predicted molar refractivity (Wildman–Crippen MR) is 67.5 cm³/mol. The van der Waals surface area contributed by atoms with Crippen molar-refractivity contribution in [2.75, 3.05) is 13.2 Å². The van der Waals surface area contributed by atoms with Crippen molar-refractivity contribution in [3.8, 4) is 5.75 Å². The first-order chi connectivity index (χ1) is 9.24. The number of rotatable bonds is 6. The average Bonchev–Trinajstić information content (AvgIpc) is 2.87. The lowest BCUT2D eigenvalue weighted by Gasteiger charge is -2.08. The fourth-order valence-corrected chi connectivity index (χ4v) is 1.52. The SMILES string of the molecule is Cc1cccc(OCCNC(=O)Cn2cnnn2)c1. The summed E-state index contributed by atoms with van der Waals surface area (Å²) in [5.74, 6) is 0.648. The number of tetrazole rings is 1. The van der Waals surface area contributed by atoms with E-state index in [0.717, 1.165) is 11.3 Å². The van der Waals surface area contributed by atoms with Gasteiger partial charge in [0, 0.05) is 0 Å². The molecular formula is C12H15N5O2. The minimum absolute atomic E-state index is 0.109. The molecule has 1 heterocycles. The van der Waals surface area contributed by atoms with E-state index in [-0.39, 0.29) is 12.5 Å². The Morgan fingerprint density at radius 3 is 3.11 bits per heavy atom. The first-order valence-electron chi connectivity index (χ1n) is 5.91. The molecule has 1 N–H and O–H groups in total. The van der Waals surface area contributed by atoms with Gasteiger partial charge in [0.1, 0.15) is 25.2 Å². The minimum Gasteiger partial charge on any atom is -0.492 e. The van der Waals surface area contributed by atoms with Gasteiger partial charge >= 0.3 is 0 Å². The van der Waals surface area contributed by atoms with Crippen molar-refractivity contribution in [3.63, 3.8) is 0 Å². The summed E-state index contributed by atoms with van der Waals surface area (Å²) in [6.45, 7) is 2.97. The fourth-order valence-electron chi connectivity index (χ4n) is 1.52. The largest absolute Gasteiger partial charge is 0.492 e. The summed E-state index contributed by atoms with van der Waals surface area (Å²) < 4.78 is 6.87. The Bertz CT molecular complexity index is 527. The van der Waals surface area contributed by atoms with Gasteiger partial charge in [-0.3, -0.25) is 4.79 Å². The Hall–Kier alpha value is -2.44. The highest BCUT2D eigenvalue weighted by Gasteiger charge is 2.02. The topological polar surface area (TPSA) is 81.9 Å². The normalized spacial score (nSPS) is 10.2. The zero-order valence-electron chi connectivity index (χ0n) is 10.6. The molecule has 7 nitrogen and oxygen atoms in total. The number of hydrogen-bond acceptors (Lipinski definition) is 5. The highest BCUT2D eigenvalue weighted by Crippen LogP contribution is 2.11. The summed E-state index contributed by atoms with van der Waals surface area (Å²) >= 11 is 0. The van der Waals surface area contributed by atoms with E-state index < -0.39 is 0 Å². The maximum atomic E-state index is 11.5. The number of ether oxygens (including phenoxy) is 1. The summed E-state index contributed by atoms with van der Waals surface area (Å²) in [4.78, 5) is 11.5. The van der Waals surface area contributed by atoms with Gasteiger partial charge in [-0.25, -0.2) is 4.68 Å². The molecule has 2 rings (SSSR count). The monoisotopic (exact) mass is 261 g/mol. The molecule has 2 aromatic rings. The molecule has 0 saturated carbocycles. The minimum atomic E-state index is -0.153. The number of benzene rings is 1. The second-order valence-electron chi connectivity index (χ2n) is 4.02. The predicted octanol–water partition coefficient (Wildman–Crippen LogP) is 0.177. The number of hydrogen-bond donors (Lipinski definition) is 1. The Morgan fingerprint density at radius 2 is 2.37 bits per heavy atom. The van der Waals surface area contributed by atoms with Gasteiger partial charge < -0.3 is 10.1 Å². The van der Waals surface area contributed by atoms with Gasteiger partial charge in [0.05, 0.1) is 6.54 Å². The molecule has 0 spiro atoms. The van der Waals surface area contributed by atoms with Gasteiger partial charge in [-0.15, -0.1) is 5.10 Å². The molecule has 0 bridgehead atoms. The van der Waals surface area contributed by atoms with Gasteiger partial charge in [-0.2, -0.15) is 0 Å². The number of nitrogens with one attached hydrogen (secondary N) is 1. The van der Waals surface area contributed by atoms with Crippen molar-refractivity contribution in [2.24, 2.45) is 0 Å². The van der Waals surface area contributed by atoms with Crippen LogP contribution in [0.2, 0.25) is 0 Å².